The summed E-state index contributed by atoms with van der Waals surface area (Å²) in [7, 11) is 0. The minimum atomic E-state index is -2.54. The molecule has 2 aromatic heterocycles. The van der Waals surface area contributed by atoms with Crippen LogP contribution in [0.4, 0.5) is 8.78 Å². The minimum absolute atomic E-state index is 0.0760. The van der Waals surface area contributed by atoms with E-state index in [1.165, 1.54) is 10.9 Å². The molecule has 0 N–H and O–H groups in total. The quantitative estimate of drug-likeness (QED) is 0.849. The van der Waals surface area contributed by atoms with Crippen LogP contribution in [0, 0.1) is 11.3 Å². The third-order valence-corrected chi connectivity index (χ3v) is 2.50. The molecule has 96 valence electrons. The molecule has 2 heterocycles. The molecule has 0 aromatic carbocycles. The van der Waals surface area contributed by atoms with Crippen molar-refractivity contribution in [2.45, 2.75) is 12.8 Å². The molecule has 0 unspecified atom stereocenters. The molecule has 0 amide bonds. The van der Waals surface area contributed by atoms with Gasteiger partial charge >= 0.3 is 0 Å². The Hall–Kier alpha value is -2.55. The Morgan fingerprint density at radius 1 is 1.47 bits per heavy atom. The van der Waals surface area contributed by atoms with Crippen molar-refractivity contribution >= 4 is 6.08 Å². The van der Waals surface area contributed by atoms with Gasteiger partial charge in [0, 0.05) is 6.20 Å². The van der Waals surface area contributed by atoms with Crippen LogP contribution in [0.1, 0.15) is 16.8 Å². The maximum absolute atomic E-state index is 12.4. The minimum Gasteiger partial charge on any atom is -0.237 e. The predicted molar refractivity (Wildman–Crippen MR) is 65.9 cm³/mol. The van der Waals surface area contributed by atoms with E-state index in [0.29, 0.717) is 5.82 Å². The maximum atomic E-state index is 12.4. The van der Waals surface area contributed by atoms with Crippen molar-refractivity contribution in [1.82, 2.24) is 14.8 Å². The normalized spacial score (nSPS) is 10.4. The van der Waals surface area contributed by atoms with Gasteiger partial charge in [-0.3, -0.25) is 0 Å². The van der Waals surface area contributed by atoms with Crippen molar-refractivity contribution < 1.29 is 8.78 Å². The average Bonchev–Trinajstić information content (AvgIpc) is 2.81. The van der Waals surface area contributed by atoms with Gasteiger partial charge in [0.15, 0.2) is 5.82 Å². The Balaban J connectivity index is 2.37. The van der Waals surface area contributed by atoms with Crippen LogP contribution in [0.2, 0.25) is 0 Å². The van der Waals surface area contributed by atoms with Crippen LogP contribution >= 0.6 is 0 Å². The van der Waals surface area contributed by atoms with Crippen LogP contribution in [0.25, 0.3) is 11.9 Å². The summed E-state index contributed by atoms with van der Waals surface area (Å²) in [5, 5.41) is 12.9. The second kappa shape index (κ2) is 5.40. The SMILES string of the molecule is C=Cc1ccc(-n2cc(C#N)c(CC(F)F)n2)nc1. The molecule has 0 aliphatic heterocycles. The lowest BCUT2D eigenvalue weighted by Crippen LogP contribution is -2.02. The summed E-state index contributed by atoms with van der Waals surface area (Å²) < 4.78 is 26.0. The van der Waals surface area contributed by atoms with Crippen LogP contribution in [-0.4, -0.2) is 21.2 Å². The molecule has 0 radical (unpaired) electrons. The van der Waals surface area contributed by atoms with Gasteiger partial charge in [0.2, 0.25) is 6.43 Å². The van der Waals surface area contributed by atoms with Crippen molar-refractivity contribution in [3.8, 4) is 11.9 Å². The van der Waals surface area contributed by atoms with Gasteiger partial charge in [-0.25, -0.2) is 18.4 Å². The zero-order valence-corrected chi connectivity index (χ0v) is 9.92. The summed E-state index contributed by atoms with van der Waals surface area (Å²) in [6, 6.07) is 5.30. The molecular formula is C13H10F2N4. The van der Waals surface area contributed by atoms with Crippen LogP contribution in [-0.2, 0) is 6.42 Å². The second-order valence-electron chi connectivity index (χ2n) is 3.79. The number of alkyl halides is 2. The summed E-state index contributed by atoms with van der Waals surface area (Å²) in [6.07, 6.45) is 1.55. The highest BCUT2D eigenvalue weighted by Gasteiger charge is 2.14. The van der Waals surface area contributed by atoms with E-state index < -0.39 is 12.8 Å². The number of nitrogens with zero attached hydrogens (tertiary/aromatic N) is 4. The van der Waals surface area contributed by atoms with E-state index in [2.05, 4.69) is 16.7 Å². The maximum Gasteiger partial charge on any atom is 0.244 e. The monoisotopic (exact) mass is 260 g/mol. The Kier molecular flexibility index (Phi) is 3.66. The lowest BCUT2D eigenvalue weighted by molar-refractivity contribution is 0.147. The van der Waals surface area contributed by atoms with Gasteiger partial charge < -0.3 is 0 Å². The molecule has 2 rings (SSSR count). The van der Waals surface area contributed by atoms with Gasteiger partial charge in [-0.15, -0.1) is 0 Å². The van der Waals surface area contributed by atoms with Gasteiger partial charge in [0.05, 0.1) is 23.9 Å². The standard InChI is InChI=1S/C13H10F2N4/c1-2-9-3-4-13(17-7-9)19-8-10(6-16)11(18-19)5-12(14)15/h2-4,7-8,12H,1,5H2. The Morgan fingerprint density at radius 3 is 2.79 bits per heavy atom. The highest BCUT2D eigenvalue weighted by atomic mass is 19.3. The number of nitriles is 1. The zero-order chi connectivity index (χ0) is 13.8. The first-order valence-corrected chi connectivity index (χ1v) is 5.49. The van der Waals surface area contributed by atoms with Crippen LogP contribution in [0.3, 0.4) is 0 Å². The fraction of sp³-hybridized carbons (Fsp3) is 0.154. The molecule has 2 aromatic rings. The lowest BCUT2D eigenvalue weighted by atomic mass is 10.2. The van der Waals surface area contributed by atoms with Crippen molar-refractivity contribution in [3.05, 3.63) is 47.9 Å². The molecule has 6 heteroatoms. The van der Waals surface area contributed by atoms with Crippen LogP contribution in [0.15, 0.2) is 31.1 Å². The van der Waals surface area contributed by atoms with E-state index in [4.69, 9.17) is 5.26 Å². The van der Waals surface area contributed by atoms with Gasteiger partial charge in [-0.2, -0.15) is 10.4 Å². The summed E-state index contributed by atoms with van der Waals surface area (Å²) in [6.45, 7) is 3.61. The summed E-state index contributed by atoms with van der Waals surface area (Å²) in [5.41, 5.74) is 1.05. The number of halogens is 2. The Bertz CT molecular complexity index is 623. The van der Waals surface area contributed by atoms with E-state index >= 15 is 0 Å². The summed E-state index contributed by atoms with van der Waals surface area (Å²) >= 11 is 0. The fourth-order valence-electron chi connectivity index (χ4n) is 1.57. The zero-order valence-electron chi connectivity index (χ0n) is 9.92. The van der Waals surface area contributed by atoms with Crippen LogP contribution in [0.5, 0.6) is 0 Å². The van der Waals surface area contributed by atoms with Gasteiger partial charge in [-0.05, 0) is 17.7 Å². The Morgan fingerprint density at radius 2 is 2.26 bits per heavy atom. The van der Waals surface area contributed by atoms with E-state index in [9.17, 15) is 8.78 Å². The predicted octanol–water partition coefficient (Wildman–Crippen LogP) is 2.59. The number of hydrogen-bond donors (Lipinski definition) is 0. The van der Waals surface area contributed by atoms with Gasteiger partial charge in [-0.1, -0.05) is 12.7 Å². The number of aromatic nitrogens is 3. The third-order valence-electron chi connectivity index (χ3n) is 2.50. The van der Waals surface area contributed by atoms with Gasteiger partial charge in [0.1, 0.15) is 6.07 Å². The Labute approximate surface area is 108 Å². The smallest absolute Gasteiger partial charge is 0.237 e. The average molecular weight is 260 g/mol. The highest BCUT2D eigenvalue weighted by molar-refractivity contribution is 5.46. The fourth-order valence-corrected chi connectivity index (χ4v) is 1.57. The third kappa shape index (κ3) is 2.83. The van der Waals surface area contributed by atoms with Gasteiger partial charge in [0.25, 0.3) is 0 Å². The largest absolute Gasteiger partial charge is 0.244 e. The molecule has 0 spiro atoms. The molecule has 0 aliphatic rings. The lowest BCUT2D eigenvalue weighted by Gasteiger charge is -2.00. The summed E-state index contributed by atoms with van der Waals surface area (Å²) in [5.74, 6) is 0.461. The van der Waals surface area contributed by atoms with Crippen molar-refractivity contribution in [2.24, 2.45) is 0 Å². The molecule has 4 nitrogen and oxygen atoms in total. The number of pyridine rings is 1. The molecule has 19 heavy (non-hydrogen) atoms. The van der Waals surface area contributed by atoms with Crippen LogP contribution < -0.4 is 0 Å². The molecule has 0 saturated carbocycles. The van der Waals surface area contributed by atoms with E-state index in [1.807, 2.05) is 6.07 Å². The first-order chi connectivity index (χ1) is 9.13. The summed E-state index contributed by atoms with van der Waals surface area (Å²) in [4.78, 5) is 4.12. The van der Waals surface area contributed by atoms with Crippen molar-refractivity contribution in [2.75, 3.05) is 0 Å². The number of hydrogen-bond acceptors (Lipinski definition) is 3. The molecule has 0 atom stereocenters. The van der Waals surface area contributed by atoms with E-state index in [-0.39, 0.29) is 11.3 Å². The van der Waals surface area contributed by atoms with Crippen molar-refractivity contribution in [3.63, 3.8) is 0 Å². The molecule has 0 bridgehead atoms. The first kappa shape index (κ1) is 12.9. The molecule has 0 fully saturated rings. The second-order valence-corrected chi connectivity index (χ2v) is 3.79. The first-order valence-electron chi connectivity index (χ1n) is 5.49. The van der Waals surface area contributed by atoms with Crippen molar-refractivity contribution in [1.29, 1.82) is 5.26 Å². The molecule has 0 saturated heterocycles. The van der Waals surface area contributed by atoms with E-state index in [0.717, 1.165) is 5.56 Å². The molecule has 0 aliphatic carbocycles. The molecular weight excluding hydrogens is 250 g/mol. The highest BCUT2D eigenvalue weighted by Crippen LogP contribution is 2.14. The topological polar surface area (TPSA) is 54.5 Å². The number of rotatable bonds is 4. The van der Waals surface area contributed by atoms with E-state index in [1.54, 1.807) is 24.4 Å².